The molecular formula is C17H23ClN2O3. The molecule has 1 aromatic carbocycles. The van der Waals surface area contributed by atoms with Crippen LogP contribution in [0.3, 0.4) is 0 Å². The molecule has 2 amide bonds. The summed E-state index contributed by atoms with van der Waals surface area (Å²) in [7, 11) is 0. The molecule has 0 aromatic heterocycles. The Bertz CT molecular complexity index is 527. The van der Waals surface area contributed by atoms with Crippen LogP contribution in [0.4, 0.5) is 0 Å². The van der Waals surface area contributed by atoms with Gasteiger partial charge in [0.1, 0.15) is 0 Å². The van der Waals surface area contributed by atoms with Gasteiger partial charge in [-0.2, -0.15) is 0 Å². The van der Waals surface area contributed by atoms with Gasteiger partial charge < -0.3 is 15.7 Å². The molecule has 5 nitrogen and oxygen atoms in total. The van der Waals surface area contributed by atoms with Gasteiger partial charge in [-0.3, -0.25) is 9.59 Å². The number of aliphatic hydroxyl groups is 1. The van der Waals surface area contributed by atoms with Crippen molar-refractivity contribution in [3.05, 3.63) is 34.9 Å². The number of benzene rings is 1. The lowest BCUT2D eigenvalue weighted by atomic mass is 10.1. The second-order valence-electron chi connectivity index (χ2n) is 5.92. The number of aliphatic hydroxyl groups excluding tert-OH is 1. The molecule has 0 aliphatic heterocycles. The second-order valence-corrected chi connectivity index (χ2v) is 6.36. The Morgan fingerprint density at radius 3 is 2.48 bits per heavy atom. The molecule has 3 N–H and O–H groups in total. The monoisotopic (exact) mass is 338 g/mol. The third-order valence-electron chi connectivity index (χ3n) is 4.03. The topological polar surface area (TPSA) is 78.4 Å². The van der Waals surface area contributed by atoms with Gasteiger partial charge in [-0.1, -0.05) is 36.6 Å². The number of nitrogens with one attached hydrogen (secondary N) is 2. The summed E-state index contributed by atoms with van der Waals surface area (Å²) in [5.41, 5.74) is 0.642. The van der Waals surface area contributed by atoms with Gasteiger partial charge in [-0.15, -0.1) is 0 Å². The molecule has 1 saturated carbocycles. The highest BCUT2D eigenvalue weighted by Gasteiger charge is 2.17. The van der Waals surface area contributed by atoms with Gasteiger partial charge in [-0.25, -0.2) is 0 Å². The van der Waals surface area contributed by atoms with Crippen LogP contribution in [0.25, 0.3) is 0 Å². The molecule has 1 aliphatic rings. The minimum Gasteiger partial charge on any atom is -0.388 e. The molecular weight excluding hydrogens is 316 g/mol. The van der Waals surface area contributed by atoms with Gasteiger partial charge in [0.05, 0.1) is 12.5 Å². The lowest BCUT2D eigenvalue weighted by Gasteiger charge is -2.13. The molecule has 23 heavy (non-hydrogen) atoms. The molecule has 2 rings (SSSR count). The highest BCUT2D eigenvalue weighted by molar-refractivity contribution is 6.30. The van der Waals surface area contributed by atoms with Crippen LogP contribution >= 0.6 is 11.6 Å². The highest BCUT2D eigenvalue weighted by atomic mass is 35.5. The van der Waals surface area contributed by atoms with Crippen LogP contribution in [0.2, 0.25) is 5.02 Å². The summed E-state index contributed by atoms with van der Waals surface area (Å²) in [6.07, 6.45) is 3.79. The van der Waals surface area contributed by atoms with Crippen molar-refractivity contribution in [3.63, 3.8) is 0 Å². The van der Waals surface area contributed by atoms with E-state index in [4.69, 9.17) is 11.6 Å². The number of halogens is 1. The number of hydrogen-bond donors (Lipinski definition) is 3. The SMILES string of the molecule is O=C(CC(O)c1ccc(Cl)cc1)NCCC(=O)NC1CCCC1. The van der Waals surface area contributed by atoms with Crippen molar-refractivity contribution >= 4 is 23.4 Å². The summed E-state index contributed by atoms with van der Waals surface area (Å²) in [5, 5.41) is 16.2. The van der Waals surface area contributed by atoms with Gasteiger partial charge >= 0.3 is 0 Å². The molecule has 6 heteroatoms. The third kappa shape index (κ3) is 6.20. The Balaban J connectivity index is 1.64. The zero-order valence-electron chi connectivity index (χ0n) is 13.1. The van der Waals surface area contributed by atoms with E-state index in [1.165, 1.54) is 12.8 Å². The van der Waals surface area contributed by atoms with Gasteiger partial charge in [0.2, 0.25) is 11.8 Å². The minimum atomic E-state index is -0.875. The summed E-state index contributed by atoms with van der Waals surface area (Å²) >= 11 is 5.78. The standard InChI is InChI=1S/C17H23ClN2O3/c18-13-7-5-12(6-8-13)15(21)11-17(23)19-10-9-16(22)20-14-3-1-2-4-14/h5-8,14-15,21H,1-4,9-11H2,(H,19,23)(H,20,22). The minimum absolute atomic E-state index is 0.0320. The van der Waals surface area contributed by atoms with E-state index in [1.54, 1.807) is 24.3 Å². The van der Waals surface area contributed by atoms with E-state index >= 15 is 0 Å². The maximum Gasteiger partial charge on any atom is 0.222 e. The quantitative estimate of drug-likeness (QED) is 0.714. The first-order valence-corrected chi connectivity index (χ1v) is 8.42. The summed E-state index contributed by atoms with van der Waals surface area (Å²) in [6, 6.07) is 7.02. The van der Waals surface area contributed by atoms with Crippen molar-refractivity contribution < 1.29 is 14.7 Å². The van der Waals surface area contributed by atoms with E-state index in [1.807, 2.05) is 0 Å². The van der Waals surface area contributed by atoms with E-state index in [0.29, 0.717) is 16.6 Å². The van der Waals surface area contributed by atoms with Crippen LogP contribution in [-0.4, -0.2) is 29.5 Å². The van der Waals surface area contributed by atoms with Gasteiger partial charge in [0.15, 0.2) is 0 Å². The molecule has 0 saturated heterocycles. The molecule has 1 fully saturated rings. The van der Waals surface area contributed by atoms with E-state index in [-0.39, 0.29) is 31.2 Å². The number of rotatable bonds is 7. The number of hydrogen-bond acceptors (Lipinski definition) is 3. The van der Waals surface area contributed by atoms with E-state index in [9.17, 15) is 14.7 Å². The highest BCUT2D eigenvalue weighted by Crippen LogP contribution is 2.19. The van der Waals surface area contributed by atoms with Crippen molar-refractivity contribution in [2.24, 2.45) is 0 Å². The molecule has 1 aromatic rings. The first-order valence-electron chi connectivity index (χ1n) is 8.04. The Kier molecular flexibility index (Phi) is 6.86. The summed E-state index contributed by atoms with van der Waals surface area (Å²) in [6.45, 7) is 0.282. The molecule has 0 spiro atoms. The maximum atomic E-state index is 11.8. The number of carbonyl (C=O) groups excluding carboxylic acids is 2. The smallest absolute Gasteiger partial charge is 0.222 e. The van der Waals surface area contributed by atoms with Crippen molar-refractivity contribution in [1.82, 2.24) is 10.6 Å². The van der Waals surface area contributed by atoms with E-state index < -0.39 is 6.10 Å². The summed E-state index contributed by atoms with van der Waals surface area (Å²) in [5.74, 6) is -0.309. The third-order valence-corrected chi connectivity index (χ3v) is 4.28. The van der Waals surface area contributed by atoms with Gasteiger partial charge in [0, 0.05) is 24.0 Å². The normalized spacial score (nSPS) is 16.1. The van der Waals surface area contributed by atoms with Crippen LogP contribution < -0.4 is 10.6 Å². The van der Waals surface area contributed by atoms with Crippen LogP contribution in [0.15, 0.2) is 24.3 Å². The fraction of sp³-hybridized carbons (Fsp3) is 0.529. The van der Waals surface area contributed by atoms with Crippen molar-refractivity contribution in [3.8, 4) is 0 Å². The summed E-state index contributed by atoms with van der Waals surface area (Å²) in [4.78, 5) is 23.5. The van der Waals surface area contributed by atoms with Gasteiger partial charge in [-0.05, 0) is 30.5 Å². The molecule has 1 atom stereocenters. The lowest BCUT2D eigenvalue weighted by molar-refractivity contribution is -0.123. The Labute approximate surface area is 141 Å². The predicted molar refractivity (Wildman–Crippen MR) is 89.1 cm³/mol. The molecule has 126 valence electrons. The maximum absolute atomic E-state index is 11.8. The van der Waals surface area contributed by atoms with Crippen LogP contribution in [0.5, 0.6) is 0 Å². The van der Waals surface area contributed by atoms with Crippen LogP contribution in [0, 0.1) is 0 Å². The zero-order valence-corrected chi connectivity index (χ0v) is 13.8. The Hall–Kier alpha value is -1.59. The average molecular weight is 339 g/mol. The lowest BCUT2D eigenvalue weighted by Crippen LogP contribution is -2.35. The molecule has 0 radical (unpaired) electrons. The average Bonchev–Trinajstić information content (AvgIpc) is 3.00. The van der Waals surface area contributed by atoms with E-state index in [0.717, 1.165) is 12.8 Å². The largest absolute Gasteiger partial charge is 0.388 e. The predicted octanol–water partition coefficient (Wildman–Crippen LogP) is 2.33. The van der Waals surface area contributed by atoms with Gasteiger partial charge in [0.25, 0.3) is 0 Å². The van der Waals surface area contributed by atoms with Crippen LogP contribution in [-0.2, 0) is 9.59 Å². The zero-order chi connectivity index (χ0) is 16.7. The molecule has 0 bridgehead atoms. The van der Waals surface area contributed by atoms with Crippen molar-refractivity contribution in [2.45, 2.75) is 50.7 Å². The first-order chi connectivity index (χ1) is 11.0. The first kappa shape index (κ1) is 17.8. The fourth-order valence-corrected chi connectivity index (χ4v) is 2.86. The molecule has 1 unspecified atom stereocenters. The van der Waals surface area contributed by atoms with Crippen molar-refractivity contribution in [2.75, 3.05) is 6.54 Å². The number of amides is 2. The Morgan fingerprint density at radius 2 is 1.83 bits per heavy atom. The summed E-state index contributed by atoms with van der Waals surface area (Å²) < 4.78 is 0. The van der Waals surface area contributed by atoms with E-state index in [2.05, 4.69) is 10.6 Å². The Morgan fingerprint density at radius 1 is 1.17 bits per heavy atom. The number of carbonyl (C=O) groups is 2. The van der Waals surface area contributed by atoms with Crippen molar-refractivity contribution in [1.29, 1.82) is 0 Å². The fourth-order valence-electron chi connectivity index (χ4n) is 2.74. The second kappa shape index (κ2) is 8.89. The molecule has 1 aliphatic carbocycles. The van der Waals surface area contributed by atoms with Crippen LogP contribution in [0.1, 0.15) is 50.2 Å². The molecule has 0 heterocycles.